The highest BCUT2D eigenvalue weighted by Gasteiger charge is 2.26. The topological polar surface area (TPSA) is 88.9 Å². The molecule has 2 aromatic carbocycles. The van der Waals surface area contributed by atoms with Gasteiger partial charge >= 0.3 is 0 Å². The van der Waals surface area contributed by atoms with Gasteiger partial charge in [-0.3, -0.25) is 4.79 Å². The number of aryl methyl sites for hydroxylation is 2. The molecule has 1 aromatic heterocycles. The molecule has 0 spiro atoms. The van der Waals surface area contributed by atoms with Gasteiger partial charge in [-0.15, -0.1) is 0 Å². The lowest BCUT2D eigenvalue weighted by Gasteiger charge is -2.26. The summed E-state index contributed by atoms with van der Waals surface area (Å²) in [5, 5.41) is 3.75. The van der Waals surface area contributed by atoms with E-state index in [4.69, 9.17) is 9.15 Å². The smallest absolute Gasteiger partial charge is 0.243 e. The van der Waals surface area contributed by atoms with Crippen molar-refractivity contribution in [1.29, 1.82) is 0 Å². The maximum absolute atomic E-state index is 12.7. The monoisotopic (exact) mass is 428 g/mol. The lowest BCUT2D eigenvalue weighted by molar-refractivity contribution is -0.115. The molecule has 7 nitrogen and oxygen atoms in total. The highest BCUT2D eigenvalue weighted by atomic mass is 32.2. The maximum Gasteiger partial charge on any atom is 0.243 e. The Morgan fingerprint density at radius 3 is 2.47 bits per heavy atom. The molecule has 0 radical (unpaired) electrons. The molecule has 1 aliphatic rings. The molecular weight excluding hydrogens is 404 g/mol. The molecule has 1 amide bonds. The Balaban J connectivity index is 1.45. The fourth-order valence-electron chi connectivity index (χ4n) is 3.55. The Hall–Kier alpha value is -2.68. The van der Waals surface area contributed by atoms with Crippen LogP contribution in [0.3, 0.4) is 0 Å². The second-order valence-electron chi connectivity index (χ2n) is 7.41. The molecule has 1 aliphatic heterocycles. The van der Waals surface area contributed by atoms with Crippen LogP contribution in [0, 0.1) is 13.8 Å². The van der Waals surface area contributed by atoms with E-state index in [1.165, 1.54) is 16.4 Å². The van der Waals surface area contributed by atoms with Crippen molar-refractivity contribution in [3.05, 3.63) is 59.4 Å². The average molecular weight is 429 g/mol. The first-order chi connectivity index (χ1) is 14.4. The standard InChI is InChI=1S/C22H24N2O5S/c1-15-3-8-20-17(14-29-22(20)16(15)2)13-21(25)23-18-4-6-19(7-5-18)30(26,27)24-9-11-28-12-10-24/h3-8,14H,9-13H2,1-2H3,(H,23,25). The molecular formula is C22H24N2O5S. The number of hydrogen-bond acceptors (Lipinski definition) is 5. The Morgan fingerprint density at radius 2 is 1.77 bits per heavy atom. The van der Waals surface area contributed by atoms with Crippen LogP contribution >= 0.6 is 0 Å². The zero-order valence-electron chi connectivity index (χ0n) is 17.0. The number of sulfonamides is 1. The van der Waals surface area contributed by atoms with Crippen molar-refractivity contribution >= 4 is 32.6 Å². The third-order valence-electron chi connectivity index (χ3n) is 5.44. The summed E-state index contributed by atoms with van der Waals surface area (Å²) in [5.74, 6) is -0.195. The first-order valence-corrected chi connectivity index (χ1v) is 11.2. The molecule has 8 heteroatoms. The van der Waals surface area contributed by atoms with Crippen molar-refractivity contribution < 1.29 is 22.4 Å². The van der Waals surface area contributed by atoms with Crippen molar-refractivity contribution in [1.82, 2.24) is 4.31 Å². The summed E-state index contributed by atoms with van der Waals surface area (Å²) in [7, 11) is -3.55. The predicted molar refractivity (Wildman–Crippen MR) is 114 cm³/mol. The van der Waals surface area contributed by atoms with Gasteiger partial charge in [-0.25, -0.2) is 8.42 Å². The Morgan fingerprint density at radius 1 is 1.07 bits per heavy atom. The van der Waals surface area contributed by atoms with Gasteiger partial charge in [0.2, 0.25) is 15.9 Å². The van der Waals surface area contributed by atoms with Crippen LogP contribution < -0.4 is 5.32 Å². The summed E-state index contributed by atoms with van der Waals surface area (Å²) >= 11 is 0. The SMILES string of the molecule is Cc1ccc2c(CC(=O)Nc3ccc(S(=O)(=O)N4CCOCC4)cc3)coc2c1C. The average Bonchev–Trinajstić information content (AvgIpc) is 3.15. The first kappa shape index (κ1) is 20.6. The molecule has 4 rings (SSSR count). The van der Waals surface area contributed by atoms with Gasteiger partial charge < -0.3 is 14.5 Å². The van der Waals surface area contributed by atoms with E-state index >= 15 is 0 Å². The number of morpholine rings is 1. The summed E-state index contributed by atoms with van der Waals surface area (Å²) in [4.78, 5) is 12.7. The van der Waals surface area contributed by atoms with E-state index < -0.39 is 10.0 Å². The summed E-state index contributed by atoms with van der Waals surface area (Å²) in [6, 6.07) is 10.2. The number of carbonyl (C=O) groups is 1. The van der Waals surface area contributed by atoms with Crippen molar-refractivity contribution in [3.8, 4) is 0 Å². The quantitative estimate of drug-likeness (QED) is 0.674. The van der Waals surface area contributed by atoms with E-state index in [0.29, 0.717) is 32.0 Å². The van der Waals surface area contributed by atoms with Crippen LogP contribution in [0.2, 0.25) is 0 Å². The second kappa shape index (κ2) is 8.22. The maximum atomic E-state index is 12.7. The lowest BCUT2D eigenvalue weighted by Crippen LogP contribution is -2.40. The number of furan rings is 1. The van der Waals surface area contributed by atoms with Crippen molar-refractivity contribution in [2.75, 3.05) is 31.6 Å². The molecule has 3 aromatic rings. The predicted octanol–water partition coefficient (Wildman–Crippen LogP) is 3.25. The molecule has 0 aliphatic carbocycles. The number of anilines is 1. The van der Waals surface area contributed by atoms with Gasteiger partial charge in [-0.1, -0.05) is 12.1 Å². The number of fused-ring (bicyclic) bond motifs is 1. The van der Waals surface area contributed by atoms with Crippen molar-refractivity contribution in [2.24, 2.45) is 0 Å². The number of hydrogen-bond donors (Lipinski definition) is 1. The third kappa shape index (κ3) is 3.98. The van der Waals surface area contributed by atoms with Gasteiger partial charge in [0.05, 0.1) is 30.8 Å². The van der Waals surface area contributed by atoms with Crippen LogP contribution in [0.25, 0.3) is 11.0 Å². The minimum absolute atomic E-state index is 0.170. The van der Waals surface area contributed by atoms with Gasteiger partial charge in [0, 0.05) is 29.7 Å². The van der Waals surface area contributed by atoms with Crippen LogP contribution in [-0.4, -0.2) is 44.9 Å². The summed E-state index contributed by atoms with van der Waals surface area (Å²) in [6.07, 6.45) is 1.79. The number of nitrogens with zero attached hydrogens (tertiary/aromatic N) is 1. The van der Waals surface area contributed by atoms with E-state index in [1.54, 1.807) is 18.4 Å². The van der Waals surface area contributed by atoms with Gasteiger partial charge in [0.15, 0.2) is 0 Å². The van der Waals surface area contributed by atoms with E-state index in [1.807, 2.05) is 26.0 Å². The van der Waals surface area contributed by atoms with E-state index in [0.717, 1.165) is 27.7 Å². The number of rotatable bonds is 5. The molecule has 0 unspecified atom stereocenters. The second-order valence-corrected chi connectivity index (χ2v) is 9.35. The zero-order valence-corrected chi connectivity index (χ0v) is 17.8. The number of carbonyl (C=O) groups excluding carboxylic acids is 1. The van der Waals surface area contributed by atoms with Crippen LogP contribution in [0.15, 0.2) is 52.0 Å². The highest BCUT2D eigenvalue weighted by Crippen LogP contribution is 2.27. The largest absolute Gasteiger partial charge is 0.464 e. The molecule has 30 heavy (non-hydrogen) atoms. The zero-order chi connectivity index (χ0) is 21.3. The lowest BCUT2D eigenvalue weighted by atomic mass is 10.0. The molecule has 1 saturated heterocycles. The van der Waals surface area contributed by atoms with E-state index in [-0.39, 0.29) is 17.2 Å². The molecule has 0 saturated carbocycles. The number of amides is 1. The summed E-state index contributed by atoms with van der Waals surface area (Å²) < 4.78 is 37.7. The van der Waals surface area contributed by atoms with Crippen LogP contribution in [0.1, 0.15) is 16.7 Å². The molecule has 0 atom stereocenters. The highest BCUT2D eigenvalue weighted by molar-refractivity contribution is 7.89. The van der Waals surface area contributed by atoms with Crippen molar-refractivity contribution in [3.63, 3.8) is 0 Å². The molecule has 1 fully saturated rings. The van der Waals surface area contributed by atoms with E-state index in [9.17, 15) is 13.2 Å². The summed E-state index contributed by atoms with van der Waals surface area (Å²) in [6.45, 7) is 5.51. The normalized spacial score (nSPS) is 15.4. The minimum Gasteiger partial charge on any atom is -0.464 e. The van der Waals surface area contributed by atoms with Gasteiger partial charge in [0.1, 0.15) is 5.58 Å². The first-order valence-electron chi connectivity index (χ1n) is 9.80. The minimum atomic E-state index is -3.55. The third-order valence-corrected chi connectivity index (χ3v) is 7.35. The fourth-order valence-corrected chi connectivity index (χ4v) is 4.96. The van der Waals surface area contributed by atoms with Gasteiger partial charge in [-0.05, 0) is 49.2 Å². The number of ether oxygens (including phenoxy) is 1. The van der Waals surface area contributed by atoms with E-state index in [2.05, 4.69) is 5.32 Å². The molecule has 0 bridgehead atoms. The van der Waals surface area contributed by atoms with Gasteiger partial charge in [-0.2, -0.15) is 4.31 Å². The summed E-state index contributed by atoms with van der Waals surface area (Å²) in [5.41, 5.74) is 4.37. The van der Waals surface area contributed by atoms with Gasteiger partial charge in [0.25, 0.3) is 0 Å². The van der Waals surface area contributed by atoms with Crippen LogP contribution in [-0.2, 0) is 26.0 Å². The molecule has 158 valence electrons. The van der Waals surface area contributed by atoms with Crippen LogP contribution in [0.5, 0.6) is 0 Å². The number of benzene rings is 2. The Labute approximate surface area is 175 Å². The number of nitrogens with one attached hydrogen (secondary N) is 1. The van der Waals surface area contributed by atoms with Crippen molar-refractivity contribution in [2.45, 2.75) is 25.2 Å². The Kier molecular flexibility index (Phi) is 5.64. The molecule has 1 N–H and O–H groups in total. The fraction of sp³-hybridized carbons (Fsp3) is 0.318. The Bertz CT molecular complexity index is 1180. The van der Waals surface area contributed by atoms with Crippen LogP contribution in [0.4, 0.5) is 5.69 Å². The molecule has 2 heterocycles.